The standard InChI is InChI=1S/C16H26N2O2/c1-12-10-15(13(2)17(12)3)16(20)11-18-8-4-6-14(18)7-5-9-19/h10,14,19H,4-9,11H2,1-3H3. The molecule has 1 aromatic heterocycles. The zero-order chi connectivity index (χ0) is 14.7. The number of Topliss-reactive ketones (excluding diaryl/α,β-unsaturated/α-hetero) is 1. The van der Waals surface area contributed by atoms with E-state index in [4.69, 9.17) is 5.11 Å². The highest BCUT2D eigenvalue weighted by atomic mass is 16.2. The van der Waals surface area contributed by atoms with Gasteiger partial charge in [0.2, 0.25) is 0 Å². The maximum Gasteiger partial charge on any atom is 0.178 e. The van der Waals surface area contributed by atoms with Gasteiger partial charge in [-0.05, 0) is 52.1 Å². The molecule has 2 heterocycles. The highest BCUT2D eigenvalue weighted by molar-refractivity contribution is 5.99. The molecule has 0 aromatic carbocycles. The first kappa shape index (κ1) is 15.3. The maximum atomic E-state index is 12.5. The average molecular weight is 278 g/mol. The molecule has 0 amide bonds. The molecule has 1 fully saturated rings. The van der Waals surface area contributed by atoms with Crippen LogP contribution in [0.1, 0.15) is 47.4 Å². The van der Waals surface area contributed by atoms with Crippen LogP contribution in [0.4, 0.5) is 0 Å². The summed E-state index contributed by atoms with van der Waals surface area (Å²) in [6.07, 6.45) is 4.14. The van der Waals surface area contributed by atoms with Crippen molar-refractivity contribution >= 4 is 5.78 Å². The van der Waals surface area contributed by atoms with Crippen LogP contribution in [0.15, 0.2) is 6.07 Å². The van der Waals surface area contributed by atoms with Crippen LogP contribution in [-0.2, 0) is 7.05 Å². The van der Waals surface area contributed by atoms with Crippen LogP contribution >= 0.6 is 0 Å². The molecule has 0 bridgehead atoms. The predicted octanol–water partition coefficient (Wildman–Crippen LogP) is 2.06. The zero-order valence-electron chi connectivity index (χ0n) is 12.9. The molecule has 4 heteroatoms. The first-order valence-corrected chi connectivity index (χ1v) is 7.55. The number of ketones is 1. The van der Waals surface area contributed by atoms with E-state index in [1.165, 1.54) is 0 Å². The summed E-state index contributed by atoms with van der Waals surface area (Å²) in [5.41, 5.74) is 3.04. The molecular formula is C16H26N2O2. The van der Waals surface area contributed by atoms with Crippen LogP contribution < -0.4 is 0 Å². The molecule has 1 saturated heterocycles. The molecule has 1 unspecified atom stereocenters. The number of likely N-dealkylation sites (tertiary alicyclic amines) is 1. The van der Waals surface area contributed by atoms with Crippen LogP contribution in [0.25, 0.3) is 0 Å². The van der Waals surface area contributed by atoms with Crippen LogP contribution in [-0.4, -0.2) is 46.1 Å². The van der Waals surface area contributed by atoms with E-state index in [2.05, 4.69) is 9.47 Å². The monoisotopic (exact) mass is 278 g/mol. The first-order valence-electron chi connectivity index (χ1n) is 7.55. The van der Waals surface area contributed by atoms with Crippen molar-refractivity contribution in [1.29, 1.82) is 0 Å². The molecule has 1 aromatic rings. The Balaban J connectivity index is 2.01. The number of aryl methyl sites for hydroxylation is 1. The van der Waals surface area contributed by atoms with Gasteiger partial charge in [-0.15, -0.1) is 0 Å². The van der Waals surface area contributed by atoms with Crippen molar-refractivity contribution in [3.63, 3.8) is 0 Å². The number of aliphatic hydroxyl groups is 1. The fourth-order valence-corrected chi connectivity index (χ4v) is 3.16. The van der Waals surface area contributed by atoms with E-state index in [1.807, 2.05) is 27.0 Å². The van der Waals surface area contributed by atoms with E-state index in [1.54, 1.807) is 0 Å². The number of aliphatic hydroxyl groups excluding tert-OH is 1. The topological polar surface area (TPSA) is 45.5 Å². The van der Waals surface area contributed by atoms with E-state index < -0.39 is 0 Å². The van der Waals surface area contributed by atoms with Gasteiger partial charge in [-0.2, -0.15) is 0 Å². The van der Waals surface area contributed by atoms with E-state index in [0.717, 1.165) is 49.2 Å². The van der Waals surface area contributed by atoms with Gasteiger partial charge in [-0.25, -0.2) is 0 Å². The molecular weight excluding hydrogens is 252 g/mol. The second kappa shape index (κ2) is 6.55. The molecule has 0 aliphatic carbocycles. The zero-order valence-corrected chi connectivity index (χ0v) is 12.9. The number of aromatic nitrogens is 1. The Bertz CT molecular complexity index is 479. The minimum atomic E-state index is 0.224. The number of carbonyl (C=O) groups is 1. The van der Waals surface area contributed by atoms with Crippen molar-refractivity contribution in [3.05, 3.63) is 23.0 Å². The second-order valence-corrected chi connectivity index (χ2v) is 5.90. The molecule has 1 aliphatic rings. The van der Waals surface area contributed by atoms with Crippen molar-refractivity contribution in [1.82, 2.24) is 9.47 Å². The van der Waals surface area contributed by atoms with Crippen LogP contribution in [0.5, 0.6) is 0 Å². The Morgan fingerprint density at radius 2 is 2.20 bits per heavy atom. The van der Waals surface area contributed by atoms with Gasteiger partial charge in [0.1, 0.15) is 0 Å². The van der Waals surface area contributed by atoms with Crippen molar-refractivity contribution < 1.29 is 9.90 Å². The van der Waals surface area contributed by atoms with Crippen molar-refractivity contribution in [2.45, 2.75) is 45.6 Å². The van der Waals surface area contributed by atoms with Crippen molar-refractivity contribution in [2.24, 2.45) is 7.05 Å². The number of hydrogen-bond acceptors (Lipinski definition) is 3. The molecule has 20 heavy (non-hydrogen) atoms. The smallest absolute Gasteiger partial charge is 0.178 e. The molecule has 112 valence electrons. The first-order chi connectivity index (χ1) is 9.54. The van der Waals surface area contributed by atoms with Gasteiger partial charge in [0.05, 0.1) is 6.54 Å². The van der Waals surface area contributed by atoms with Crippen molar-refractivity contribution in [3.8, 4) is 0 Å². The molecule has 4 nitrogen and oxygen atoms in total. The maximum absolute atomic E-state index is 12.5. The SMILES string of the molecule is Cc1cc(C(=O)CN2CCCC2CCCO)c(C)n1C. The summed E-state index contributed by atoms with van der Waals surface area (Å²) >= 11 is 0. The van der Waals surface area contributed by atoms with E-state index in [-0.39, 0.29) is 12.4 Å². The Kier molecular flexibility index (Phi) is 5.00. The molecule has 0 radical (unpaired) electrons. The second-order valence-electron chi connectivity index (χ2n) is 5.90. The normalized spacial score (nSPS) is 19.7. The van der Waals surface area contributed by atoms with Gasteiger partial charge in [0.15, 0.2) is 5.78 Å². The third-order valence-electron chi connectivity index (χ3n) is 4.62. The molecule has 1 atom stereocenters. The Morgan fingerprint density at radius 1 is 1.45 bits per heavy atom. The fraction of sp³-hybridized carbons (Fsp3) is 0.688. The fourth-order valence-electron chi connectivity index (χ4n) is 3.16. The Labute approximate surface area is 121 Å². The average Bonchev–Trinajstić information content (AvgIpc) is 2.96. The van der Waals surface area contributed by atoms with Gasteiger partial charge >= 0.3 is 0 Å². The Hall–Kier alpha value is -1.13. The van der Waals surface area contributed by atoms with Gasteiger partial charge in [0, 0.05) is 36.6 Å². The quantitative estimate of drug-likeness (QED) is 0.810. The summed E-state index contributed by atoms with van der Waals surface area (Å²) in [5, 5.41) is 8.95. The van der Waals surface area contributed by atoms with E-state index in [9.17, 15) is 4.79 Å². The molecule has 0 spiro atoms. The Morgan fingerprint density at radius 3 is 2.80 bits per heavy atom. The summed E-state index contributed by atoms with van der Waals surface area (Å²) in [7, 11) is 2.00. The van der Waals surface area contributed by atoms with Gasteiger partial charge in [-0.1, -0.05) is 0 Å². The van der Waals surface area contributed by atoms with Crippen LogP contribution in [0.2, 0.25) is 0 Å². The largest absolute Gasteiger partial charge is 0.396 e. The molecule has 2 rings (SSSR count). The van der Waals surface area contributed by atoms with Crippen LogP contribution in [0.3, 0.4) is 0 Å². The lowest BCUT2D eigenvalue weighted by Gasteiger charge is -2.23. The third-order valence-corrected chi connectivity index (χ3v) is 4.62. The van der Waals surface area contributed by atoms with Crippen LogP contribution in [0, 0.1) is 13.8 Å². The number of rotatable bonds is 6. The number of nitrogens with zero attached hydrogens (tertiary/aromatic N) is 2. The summed E-state index contributed by atoms with van der Waals surface area (Å²) < 4.78 is 2.07. The lowest BCUT2D eigenvalue weighted by molar-refractivity contribution is 0.0915. The third kappa shape index (κ3) is 3.13. The highest BCUT2D eigenvalue weighted by Crippen LogP contribution is 2.22. The number of hydrogen-bond donors (Lipinski definition) is 1. The van der Waals surface area contributed by atoms with Crippen molar-refractivity contribution in [2.75, 3.05) is 19.7 Å². The van der Waals surface area contributed by atoms with E-state index in [0.29, 0.717) is 12.6 Å². The minimum Gasteiger partial charge on any atom is -0.396 e. The number of carbonyl (C=O) groups excluding carboxylic acids is 1. The molecule has 1 N–H and O–H groups in total. The van der Waals surface area contributed by atoms with Gasteiger partial charge < -0.3 is 9.67 Å². The summed E-state index contributed by atoms with van der Waals surface area (Å²) in [5.74, 6) is 0.224. The molecule has 0 saturated carbocycles. The summed E-state index contributed by atoms with van der Waals surface area (Å²) in [6.45, 7) is 5.81. The van der Waals surface area contributed by atoms with Gasteiger partial charge in [0.25, 0.3) is 0 Å². The minimum absolute atomic E-state index is 0.224. The van der Waals surface area contributed by atoms with Gasteiger partial charge in [-0.3, -0.25) is 9.69 Å². The summed E-state index contributed by atoms with van der Waals surface area (Å²) in [4.78, 5) is 14.8. The lowest BCUT2D eigenvalue weighted by Crippen LogP contribution is -2.34. The van der Waals surface area contributed by atoms with E-state index >= 15 is 0 Å². The lowest BCUT2D eigenvalue weighted by atomic mass is 10.1. The molecule has 1 aliphatic heterocycles. The summed E-state index contributed by atoms with van der Waals surface area (Å²) in [6, 6.07) is 2.47. The predicted molar refractivity (Wildman–Crippen MR) is 80.1 cm³/mol. The highest BCUT2D eigenvalue weighted by Gasteiger charge is 2.27.